The van der Waals surface area contributed by atoms with Crippen LogP contribution in [-0.2, 0) is 0 Å². The van der Waals surface area contributed by atoms with Gasteiger partial charge in [0.05, 0.1) is 5.69 Å². The SMILES string of the molecule is Cc1cc(Cl)ccc1-n1cc(C(C)C)c(=O)c(C(=O)O)n1. The van der Waals surface area contributed by atoms with Gasteiger partial charge in [0.15, 0.2) is 0 Å². The second-order valence-electron chi connectivity index (χ2n) is 5.10. The molecule has 0 unspecified atom stereocenters. The summed E-state index contributed by atoms with van der Waals surface area (Å²) in [5.74, 6) is -1.43. The lowest BCUT2D eigenvalue weighted by molar-refractivity contribution is 0.0686. The third-order valence-corrected chi connectivity index (χ3v) is 3.41. The number of aromatic nitrogens is 2. The van der Waals surface area contributed by atoms with Gasteiger partial charge in [-0.05, 0) is 36.6 Å². The highest BCUT2D eigenvalue weighted by Crippen LogP contribution is 2.19. The molecule has 0 radical (unpaired) electrons. The number of carbonyl (C=O) groups is 1. The number of aromatic carboxylic acids is 1. The van der Waals surface area contributed by atoms with E-state index in [1.165, 1.54) is 4.68 Å². The van der Waals surface area contributed by atoms with Crippen molar-refractivity contribution in [1.29, 1.82) is 0 Å². The Morgan fingerprint density at radius 3 is 2.57 bits per heavy atom. The van der Waals surface area contributed by atoms with Crippen LogP contribution in [0.3, 0.4) is 0 Å². The van der Waals surface area contributed by atoms with Crippen molar-refractivity contribution in [1.82, 2.24) is 9.78 Å². The normalized spacial score (nSPS) is 10.9. The van der Waals surface area contributed by atoms with Gasteiger partial charge in [0.1, 0.15) is 0 Å². The lowest BCUT2D eigenvalue weighted by Gasteiger charge is -2.13. The molecule has 0 amide bonds. The number of nitrogens with zero attached hydrogens (tertiary/aromatic N) is 2. The van der Waals surface area contributed by atoms with Crippen molar-refractivity contribution in [3.05, 3.63) is 56.5 Å². The summed E-state index contributed by atoms with van der Waals surface area (Å²) in [6.45, 7) is 5.51. The summed E-state index contributed by atoms with van der Waals surface area (Å²) in [7, 11) is 0. The highest BCUT2D eigenvalue weighted by atomic mass is 35.5. The average Bonchev–Trinajstić information content (AvgIpc) is 2.38. The number of rotatable bonds is 3. The number of carboxylic acids is 1. The van der Waals surface area contributed by atoms with Crippen molar-refractivity contribution in [2.75, 3.05) is 0 Å². The molecule has 2 aromatic rings. The highest BCUT2D eigenvalue weighted by molar-refractivity contribution is 6.30. The first kappa shape index (κ1) is 15.3. The molecule has 0 aliphatic heterocycles. The molecule has 1 aromatic heterocycles. The van der Waals surface area contributed by atoms with Gasteiger partial charge >= 0.3 is 5.97 Å². The molecule has 5 nitrogen and oxygen atoms in total. The van der Waals surface area contributed by atoms with E-state index in [0.29, 0.717) is 16.3 Å². The molecule has 6 heteroatoms. The van der Waals surface area contributed by atoms with Crippen LogP contribution in [0.15, 0.2) is 29.2 Å². The zero-order valence-electron chi connectivity index (χ0n) is 11.9. The fourth-order valence-electron chi connectivity index (χ4n) is 2.06. The smallest absolute Gasteiger partial charge is 0.360 e. The molecule has 0 spiro atoms. The van der Waals surface area contributed by atoms with Crippen LogP contribution >= 0.6 is 11.6 Å². The van der Waals surface area contributed by atoms with Crippen LogP contribution in [0.1, 0.15) is 41.4 Å². The van der Waals surface area contributed by atoms with E-state index in [2.05, 4.69) is 5.10 Å². The number of carboxylic acid groups (broad SMARTS) is 1. The van der Waals surface area contributed by atoms with Crippen LogP contribution in [0.5, 0.6) is 0 Å². The molecule has 1 aromatic carbocycles. The third-order valence-electron chi connectivity index (χ3n) is 3.18. The predicted molar refractivity (Wildman–Crippen MR) is 80.6 cm³/mol. The quantitative estimate of drug-likeness (QED) is 0.946. The van der Waals surface area contributed by atoms with E-state index in [1.807, 2.05) is 20.8 Å². The Kier molecular flexibility index (Phi) is 4.14. The van der Waals surface area contributed by atoms with Gasteiger partial charge in [-0.2, -0.15) is 5.10 Å². The fourth-order valence-corrected chi connectivity index (χ4v) is 2.29. The van der Waals surface area contributed by atoms with Gasteiger partial charge in [-0.25, -0.2) is 9.48 Å². The summed E-state index contributed by atoms with van der Waals surface area (Å²) in [6, 6.07) is 5.19. The lowest BCUT2D eigenvalue weighted by Crippen LogP contribution is -2.25. The molecule has 2 rings (SSSR count). The maximum atomic E-state index is 12.1. The van der Waals surface area contributed by atoms with Crippen molar-refractivity contribution in [2.45, 2.75) is 26.7 Å². The van der Waals surface area contributed by atoms with E-state index < -0.39 is 17.1 Å². The maximum Gasteiger partial charge on any atom is 0.360 e. The molecule has 0 saturated carbocycles. The summed E-state index contributed by atoms with van der Waals surface area (Å²) in [5, 5.41) is 13.7. The van der Waals surface area contributed by atoms with Crippen molar-refractivity contribution in [3.8, 4) is 5.69 Å². The molecule has 110 valence electrons. The molecule has 0 aliphatic rings. The summed E-state index contributed by atoms with van der Waals surface area (Å²) >= 11 is 5.92. The monoisotopic (exact) mass is 306 g/mol. The van der Waals surface area contributed by atoms with E-state index in [0.717, 1.165) is 5.56 Å². The van der Waals surface area contributed by atoms with Crippen LogP contribution in [0.25, 0.3) is 5.69 Å². The Balaban J connectivity index is 2.75. The molecule has 0 saturated heterocycles. The molecular formula is C15H15ClN2O3. The Hall–Kier alpha value is -2.14. The number of halogens is 1. The standard InChI is InChI=1S/C15H15ClN2O3/c1-8(2)11-7-18(17-13(14(11)19)15(20)21)12-5-4-10(16)6-9(12)3/h4-8H,1-3H3,(H,20,21). The van der Waals surface area contributed by atoms with Crippen molar-refractivity contribution in [3.63, 3.8) is 0 Å². The summed E-state index contributed by atoms with van der Waals surface area (Å²) in [5.41, 5.74) is 0.918. The Morgan fingerprint density at radius 2 is 2.05 bits per heavy atom. The number of hydrogen-bond donors (Lipinski definition) is 1. The highest BCUT2D eigenvalue weighted by Gasteiger charge is 2.18. The summed E-state index contributed by atoms with van der Waals surface area (Å²) in [6.07, 6.45) is 1.58. The van der Waals surface area contributed by atoms with Gasteiger partial charge in [-0.15, -0.1) is 0 Å². The number of benzene rings is 1. The van der Waals surface area contributed by atoms with Crippen LogP contribution < -0.4 is 5.43 Å². The molecule has 0 bridgehead atoms. The molecule has 1 N–H and O–H groups in total. The van der Waals surface area contributed by atoms with Crippen LogP contribution in [0.4, 0.5) is 0 Å². The predicted octanol–water partition coefficient (Wildman–Crippen LogP) is 3.02. The summed E-state index contributed by atoms with van der Waals surface area (Å²) in [4.78, 5) is 23.3. The maximum absolute atomic E-state index is 12.1. The van der Waals surface area contributed by atoms with Crippen LogP contribution in [-0.4, -0.2) is 20.9 Å². The van der Waals surface area contributed by atoms with E-state index in [4.69, 9.17) is 16.7 Å². The van der Waals surface area contributed by atoms with Crippen LogP contribution in [0, 0.1) is 6.92 Å². The summed E-state index contributed by atoms with van der Waals surface area (Å²) < 4.78 is 1.42. The van der Waals surface area contributed by atoms with Crippen LogP contribution in [0.2, 0.25) is 5.02 Å². The lowest BCUT2D eigenvalue weighted by atomic mass is 10.0. The Labute approximate surface area is 126 Å². The number of aryl methyl sites for hydroxylation is 1. The average molecular weight is 307 g/mol. The largest absolute Gasteiger partial charge is 0.476 e. The van der Waals surface area contributed by atoms with Gasteiger partial charge in [-0.1, -0.05) is 25.4 Å². The van der Waals surface area contributed by atoms with Crippen molar-refractivity contribution >= 4 is 17.6 Å². The van der Waals surface area contributed by atoms with Crippen molar-refractivity contribution in [2.24, 2.45) is 0 Å². The van der Waals surface area contributed by atoms with Gasteiger partial charge < -0.3 is 5.11 Å². The molecule has 0 atom stereocenters. The molecule has 21 heavy (non-hydrogen) atoms. The molecule has 0 aliphatic carbocycles. The molecule has 1 heterocycles. The zero-order valence-corrected chi connectivity index (χ0v) is 12.7. The van der Waals surface area contributed by atoms with Gasteiger partial charge in [-0.3, -0.25) is 4.79 Å². The Morgan fingerprint density at radius 1 is 1.38 bits per heavy atom. The van der Waals surface area contributed by atoms with Gasteiger partial charge in [0, 0.05) is 16.8 Å². The van der Waals surface area contributed by atoms with E-state index in [1.54, 1.807) is 24.4 Å². The second kappa shape index (κ2) is 5.69. The third kappa shape index (κ3) is 2.97. The first-order valence-electron chi connectivity index (χ1n) is 6.45. The van der Waals surface area contributed by atoms with E-state index in [-0.39, 0.29) is 5.92 Å². The molecular weight excluding hydrogens is 292 g/mol. The van der Waals surface area contributed by atoms with E-state index >= 15 is 0 Å². The molecule has 0 fully saturated rings. The minimum Gasteiger partial charge on any atom is -0.476 e. The minimum absolute atomic E-state index is 0.0996. The fraction of sp³-hybridized carbons (Fsp3) is 0.267. The second-order valence-corrected chi connectivity index (χ2v) is 5.53. The van der Waals surface area contributed by atoms with E-state index in [9.17, 15) is 9.59 Å². The van der Waals surface area contributed by atoms with Gasteiger partial charge in [0.25, 0.3) is 0 Å². The first-order valence-corrected chi connectivity index (χ1v) is 6.82. The topological polar surface area (TPSA) is 72.2 Å². The van der Waals surface area contributed by atoms with Gasteiger partial charge in [0.2, 0.25) is 11.1 Å². The minimum atomic E-state index is -1.33. The Bertz CT molecular complexity index is 766. The number of hydrogen-bond acceptors (Lipinski definition) is 3. The zero-order chi connectivity index (χ0) is 15.7. The first-order chi connectivity index (χ1) is 9.81. The van der Waals surface area contributed by atoms with Crippen molar-refractivity contribution < 1.29 is 9.90 Å².